The maximum Gasteiger partial charge on any atom is 0.415 e. The highest BCUT2D eigenvalue weighted by molar-refractivity contribution is 5.91. The molecule has 8 heteroatoms. The van der Waals surface area contributed by atoms with E-state index in [-0.39, 0.29) is 6.42 Å². The number of hydrogen-bond acceptors (Lipinski definition) is 4. The molecule has 3 N–H and O–H groups in total. The molecule has 140 valence electrons. The average Bonchev–Trinajstić information content (AvgIpc) is 2.44. The molecule has 0 bridgehead atoms. The molecular weight excluding hydrogens is 337 g/mol. The summed E-state index contributed by atoms with van der Waals surface area (Å²) in [6.07, 6.45) is -4.97. The molecule has 0 aliphatic carbocycles. The lowest BCUT2D eigenvalue weighted by Gasteiger charge is -2.30. The number of ether oxygens (including phenoxy) is 1. The molecule has 0 spiro atoms. The van der Waals surface area contributed by atoms with Crippen LogP contribution in [0.25, 0.3) is 0 Å². The van der Waals surface area contributed by atoms with E-state index in [4.69, 9.17) is 10.5 Å². The number of nitrogens with one attached hydrogen (secondary N) is 1. The summed E-state index contributed by atoms with van der Waals surface area (Å²) in [6.45, 7) is 5.41. The summed E-state index contributed by atoms with van der Waals surface area (Å²) in [6, 6.07) is 7.27. The summed E-state index contributed by atoms with van der Waals surface area (Å²) < 4.78 is 44.0. The minimum atomic E-state index is -4.96. The van der Waals surface area contributed by atoms with Crippen LogP contribution in [-0.2, 0) is 20.7 Å². The Balaban J connectivity index is 3.02. The van der Waals surface area contributed by atoms with Crippen molar-refractivity contribution < 1.29 is 27.5 Å². The second-order valence-corrected chi connectivity index (χ2v) is 6.95. The van der Waals surface area contributed by atoms with Gasteiger partial charge in [-0.05, 0) is 33.3 Å². The van der Waals surface area contributed by atoms with E-state index >= 15 is 0 Å². The van der Waals surface area contributed by atoms with Gasteiger partial charge in [0.05, 0.1) is 0 Å². The largest absolute Gasteiger partial charge is 0.458 e. The van der Waals surface area contributed by atoms with E-state index < -0.39 is 35.2 Å². The smallest absolute Gasteiger partial charge is 0.415 e. The van der Waals surface area contributed by atoms with Gasteiger partial charge in [0.15, 0.2) is 5.54 Å². The minimum Gasteiger partial charge on any atom is -0.458 e. The summed E-state index contributed by atoms with van der Waals surface area (Å²) in [4.78, 5) is 24.3. The molecular formula is C17H23F3N2O3. The lowest BCUT2D eigenvalue weighted by Crippen LogP contribution is -2.63. The van der Waals surface area contributed by atoms with Crippen LogP contribution in [0.2, 0.25) is 0 Å². The molecule has 1 aromatic carbocycles. The van der Waals surface area contributed by atoms with Crippen LogP contribution in [0.15, 0.2) is 30.3 Å². The fourth-order valence-electron chi connectivity index (χ4n) is 1.85. The molecule has 5 nitrogen and oxygen atoms in total. The first-order valence-electron chi connectivity index (χ1n) is 7.67. The van der Waals surface area contributed by atoms with Crippen LogP contribution < -0.4 is 11.1 Å². The van der Waals surface area contributed by atoms with E-state index in [1.54, 1.807) is 51.1 Å². The monoisotopic (exact) mass is 360 g/mol. The van der Waals surface area contributed by atoms with E-state index in [1.807, 2.05) is 0 Å². The maximum atomic E-state index is 12.9. The Hall–Kier alpha value is -2.09. The highest BCUT2D eigenvalue weighted by Crippen LogP contribution is 2.28. The lowest BCUT2D eigenvalue weighted by molar-refractivity contribution is -0.189. The molecule has 25 heavy (non-hydrogen) atoms. The number of nitrogens with two attached hydrogens (primary N) is 1. The molecule has 1 rings (SSSR count). The Morgan fingerprint density at radius 1 is 1.12 bits per heavy atom. The summed E-state index contributed by atoms with van der Waals surface area (Å²) in [5.41, 5.74) is 1.80. The normalized spacial score (nSPS) is 15.8. The van der Waals surface area contributed by atoms with Crippen molar-refractivity contribution in [1.82, 2.24) is 5.32 Å². The first-order valence-corrected chi connectivity index (χ1v) is 7.67. The Morgan fingerprint density at radius 2 is 1.64 bits per heavy atom. The molecule has 0 saturated heterocycles. The van der Waals surface area contributed by atoms with Crippen LogP contribution >= 0.6 is 0 Å². The van der Waals surface area contributed by atoms with Gasteiger partial charge in [-0.15, -0.1) is 0 Å². The number of carbonyl (C=O) groups is 2. The van der Waals surface area contributed by atoms with Gasteiger partial charge in [-0.25, -0.2) is 4.79 Å². The Morgan fingerprint density at radius 3 is 2.08 bits per heavy atom. The second kappa shape index (κ2) is 7.43. The predicted molar refractivity (Wildman–Crippen MR) is 86.6 cm³/mol. The number of amides is 1. The van der Waals surface area contributed by atoms with Gasteiger partial charge >= 0.3 is 12.1 Å². The van der Waals surface area contributed by atoms with Crippen molar-refractivity contribution in [3.63, 3.8) is 0 Å². The zero-order valence-electron chi connectivity index (χ0n) is 14.6. The third kappa shape index (κ3) is 6.04. The first-order chi connectivity index (χ1) is 11.2. The third-order valence-corrected chi connectivity index (χ3v) is 3.34. The van der Waals surface area contributed by atoms with Gasteiger partial charge in [0.25, 0.3) is 0 Å². The number of benzene rings is 1. The molecule has 1 aromatic rings. The summed E-state index contributed by atoms with van der Waals surface area (Å²) in [7, 11) is 0. The van der Waals surface area contributed by atoms with Crippen molar-refractivity contribution in [3.05, 3.63) is 35.9 Å². The van der Waals surface area contributed by atoms with Gasteiger partial charge in [-0.2, -0.15) is 13.2 Å². The summed E-state index contributed by atoms with van der Waals surface area (Å²) in [5, 5.41) is 2.08. The van der Waals surface area contributed by atoms with Gasteiger partial charge < -0.3 is 15.8 Å². The van der Waals surface area contributed by atoms with Gasteiger partial charge in [0.1, 0.15) is 11.6 Å². The molecule has 1 amide bonds. The van der Waals surface area contributed by atoms with Crippen molar-refractivity contribution in [2.24, 2.45) is 5.73 Å². The SMILES string of the molecule is CC(C)(C)OC(=O)[C@H](Cc1ccccc1)NC(=O)[C@](C)(N)C(F)(F)F. The Bertz CT molecular complexity index is 608. The van der Waals surface area contributed by atoms with Crippen LogP contribution in [0.1, 0.15) is 33.3 Å². The van der Waals surface area contributed by atoms with Gasteiger partial charge in [0, 0.05) is 6.42 Å². The van der Waals surface area contributed by atoms with Crippen molar-refractivity contribution in [1.29, 1.82) is 0 Å². The van der Waals surface area contributed by atoms with E-state index in [2.05, 4.69) is 5.32 Å². The Kier molecular flexibility index (Phi) is 6.23. The zero-order valence-corrected chi connectivity index (χ0v) is 14.6. The molecule has 0 saturated carbocycles. The highest BCUT2D eigenvalue weighted by atomic mass is 19.4. The topological polar surface area (TPSA) is 81.4 Å². The summed E-state index contributed by atoms with van der Waals surface area (Å²) >= 11 is 0. The van der Waals surface area contributed by atoms with E-state index in [9.17, 15) is 22.8 Å². The van der Waals surface area contributed by atoms with Crippen LogP contribution in [0, 0.1) is 0 Å². The van der Waals surface area contributed by atoms with Crippen LogP contribution in [0.5, 0.6) is 0 Å². The van der Waals surface area contributed by atoms with Crippen LogP contribution in [0.3, 0.4) is 0 Å². The number of alkyl halides is 3. The first kappa shape index (κ1) is 21.0. The molecule has 0 radical (unpaired) electrons. The molecule has 0 aromatic heterocycles. The maximum absolute atomic E-state index is 12.9. The van der Waals surface area contributed by atoms with Crippen molar-refractivity contribution in [2.75, 3.05) is 0 Å². The molecule has 0 fully saturated rings. The molecule has 0 unspecified atom stereocenters. The van der Waals surface area contributed by atoms with Crippen molar-refractivity contribution >= 4 is 11.9 Å². The Labute approximate surface area is 144 Å². The average molecular weight is 360 g/mol. The predicted octanol–water partition coefficient (Wildman–Crippen LogP) is 2.34. The minimum absolute atomic E-state index is 0.0184. The van der Waals surface area contributed by atoms with Gasteiger partial charge in [-0.1, -0.05) is 30.3 Å². The van der Waals surface area contributed by atoms with E-state index in [0.29, 0.717) is 12.5 Å². The number of carbonyl (C=O) groups excluding carboxylic acids is 2. The number of hydrogen-bond donors (Lipinski definition) is 2. The van der Waals surface area contributed by atoms with Crippen LogP contribution in [0.4, 0.5) is 13.2 Å². The van der Waals surface area contributed by atoms with E-state index in [1.165, 1.54) is 0 Å². The lowest BCUT2D eigenvalue weighted by atomic mass is 10.00. The quantitative estimate of drug-likeness (QED) is 0.790. The molecule has 0 aliphatic rings. The second-order valence-electron chi connectivity index (χ2n) is 6.95. The number of esters is 1. The molecule has 0 aliphatic heterocycles. The fraction of sp³-hybridized carbons (Fsp3) is 0.529. The van der Waals surface area contributed by atoms with Crippen molar-refractivity contribution in [2.45, 2.75) is 57.5 Å². The number of rotatable bonds is 5. The van der Waals surface area contributed by atoms with E-state index in [0.717, 1.165) is 0 Å². The van der Waals surface area contributed by atoms with Crippen molar-refractivity contribution in [3.8, 4) is 0 Å². The van der Waals surface area contributed by atoms with Crippen LogP contribution in [-0.4, -0.2) is 35.2 Å². The highest BCUT2D eigenvalue weighted by Gasteiger charge is 2.54. The molecule has 2 atom stereocenters. The zero-order chi connectivity index (χ0) is 19.5. The standard InChI is InChI=1S/C17H23F3N2O3/c1-15(2,3)25-13(23)12(10-11-8-6-5-7-9-11)22-14(24)16(4,21)17(18,19)20/h5-9,12H,10,21H2,1-4H3,(H,22,24)/t12-,16-/m0/s1. The van der Waals surface area contributed by atoms with Gasteiger partial charge in [0.2, 0.25) is 5.91 Å². The molecule has 0 heterocycles. The summed E-state index contributed by atoms with van der Waals surface area (Å²) in [5.74, 6) is -2.32. The third-order valence-electron chi connectivity index (χ3n) is 3.34. The number of halogens is 3. The van der Waals surface area contributed by atoms with Gasteiger partial charge in [-0.3, -0.25) is 4.79 Å². The fourth-order valence-corrected chi connectivity index (χ4v) is 1.85.